The zero-order valence-corrected chi connectivity index (χ0v) is 14.1. The maximum Gasteiger partial charge on any atom is 0.127 e. The summed E-state index contributed by atoms with van der Waals surface area (Å²) < 4.78 is 13.6. The van der Waals surface area contributed by atoms with Gasteiger partial charge >= 0.3 is 0 Å². The van der Waals surface area contributed by atoms with Crippen LogP contribution in [0, 0.1) is 0 Å². The van der Waals surface area contributed by atoms with Gasteiger partial charge in [-0.05, 0) is 12.5 Å². The summed E-state index contributed by atoms with van der Waals surface area (Å²) in [7, 11) is 1.99. The number of halogens is 1. The van der Waals surface area contributed by atoms with Gasteiger partial charge in [-0.1, -0.05) is 28.9 Å². The van der Waals surface area contributed by atoms with E-state index >= 15 is 0 Å². The van der Waals surface area contributed by atoms with Crippen molar-refractivity contribution in [3.8, 4) is 11.5 Å². The van der Waals surface area contributed by atoms with E-state index in [-0.39, 0.29) is 0 Å². The third-order valence-corrected chi connectivity index (χ3v) is 3.76. The number of aryl methyl sites for hydroxylation is 1. The van der Waals surface area contributed by atoms with E-state index in [0.717, 1.165) is 47.7 Å². The molecule has 21 heavy (non-hydrogen) atoms. The monoisotopic (exact) mass is 352 g/mol. The van der Waals surface area contributed by atoms with Crippen LogP contribution in [0.25, 0.3) is 0 Å². The normalized spacial score (nSPS) is 10.6. The van der Waals surface area contributed by atoms with Gasteiger partial charge in [0.15, 0.2) is 0 Å². The number of imidazole rings is 1. The van der Waals surface area contributed by atoms with Gasteiger partial charge in [0.1, 0.15) is 17.3 Å². The predicted octanol–water partition coefficient (Wildman–Crippen LogP) is 3.73. The van der Waals surface area contributed by atoms with Crippen molar-refractivity contribution in [1.29, 1.82) is 0 Å². The molecule has 2 aromatic rings. The lowest BCUT2D eigenvalue weighted by Gasteiger charge is -2.12. The summed E-state index contributed by atoms with van der Waals surface area (Å²) in [5, 5.41) is 0.763. The van der Waals surface area contributed by atoms with Gasteiger partial charge < -0.3 is 14.0 Å². The summed E-state index contributed by atoms with van der Waals surface area (Å²) in [5.74, 6) is 2.75. The average molecular weight is 353 g/mol. The summed E-state index contributed by atoms with van der Waals surface area (Å²) in [6.07, 6.45) is 5.53. The Morgan fingerprint density at radius 2 is 2.10 bits per heavy atom. The lowest BCUT2D eigenvalue weighted by Crippen LogP contribution is -2.07. The molecule has 0 saturated carbocycles. The molecule has 0 fully saturated rings. The quantitative estimate of drug-likeness (QED) is 0.679. The molecular weight excluding hydrogens is 332 g/mol. The van der Waals surface area contributed by atoms with Crippen molar-refractivity contribution in [1.82, 2.24) is 9.55 Å². The minimum absolute atomic E-state index is 0.599. The van der Waals surface area contributed by atoms with Crippen LogP contribution in [-0.4, -0.2) is 22.8 Å². The van der Waals surface area contributed by atoms with Crippen molar-refractivity contribution in [3.63, 3.8) is 0 Å². The van der Waals surface area contributed by atoms with Crippen molar-refractivity contribution < 1.29 is 9.47 Å². The molecule has 2 rings (SSSR count). The molecule has 0 radical (unpaired) electrons. The number of nitrogens with zero attached hydrogens (tertiary/aromatic N) is 2. The molecule has 0 spiro atoms. The molecule has 0 atom stereocenters. The average Bonchev–Trinajstić information content (AvgIpc) is 2.91. The first-order valence-corrected chi connectivity index (χ1v) is 8.27. The van der Waals surface area contributed by atoms with Crippen molar-refractivity contribution in [2.75, 3.05) is 13.2 Å². The number of benzene rings is 1. The van der Waals surface area contributed by atoms with E-state index in [1.807, 2.05) is 36.0 Å². The molecule has 0 aliphatic heterocycles. The Morgan fingerprint density at radius 3 is 2.76 bits per heavy atom. The van der Waals surface area contributed by atoms with E-state index < -0.39 is 0 Å². The Bertz CT molecular complexity index is 569. The maximum atomic E-state index is 5.91. The Balaban J connectivity index is 1.98. The fourth-order valence-corrected chi connectivity index (χ4v) is 2.44. The number of aromatic nitrogens is 2. The van der Waals surface area contributed by atoms with Crippen LogP contribution in [0.15, 0.2) is 30.6 Å². The van der Waals surface area contributed by atoms with Gasteiger partial charge in [0.25, 0.3) is 0 Å². The maximum absolute atomic E-state index is 5.91. The van der Waals surface area contributed by atoms with Crippen molar-refractivity contribution in [3.05, 3.63) is 42.0 Å². The van der Waals surface area contributed by atoms with Crippen LogP contribution in [0.3, 0.4) is 0 Å². The molecule has 0 aliphatic carbocycles. The van der Waals surface area contributed by atoms with Gasteiger partial charge in [0.05, 0.1) is 13.2 Å². The molecule has 1 heterocycles. The second-order valence-electron chi connectivity index (χ2n) is 4.80. The zero-order valence-electron chi connectivity index (χ0n) is 12.5. The fourth-order valence-electron chi connectivity index (χ4n) is 1.98. The van der Waals surface area contributed by atoms with Gasteiger partial charge in [-0.25, -0.2) is 4.98 Å². The molecular formula is C16H21BrN2O2. The molecule has 0 bridgehead atoms. The van der Waals surface area contributed by atoms with Crippen LogP contribution in [0.1, 0.15) is 24.7 Å². The standard InChI is InChI=1S/C16H21BrN2O2/c1-3-9-20-14-5-4-13(12-17)15(11-14)21-10-6-16-18-7-8-19(16)2/h4-5,7-8,11H,3,6,9-10,12H2,1-2H3. The Labute approximate surface area is 134 Å². The van der Waals surface area contributed by atoms with Crippen molar-refractivity contribution in [2.45, 2.75) is 25.1 Å². The third kappa shape index (κ3) is 4.49. The van der Waals surface area contributed by atoms with E-state index in [2.05, 4.69) is 27.8 Å². The summed E-state index contributed by atoms with van der Waals surface area (Å²) >= 11 is 3.49. The summed E-state index contributed by atoms with van der Waals surface area (Å²) in [4.78, 5) is 4.30. The Kier molecular flexibility index (Phi) is 6.11. The molecule has 0 amide bonds. The molecule has 0 aliphatic rings. The Morgan fingerprint density at radius 1 is 1.24 bits per heavy atom. The van der Waals surface area contributed by atoms with Crippen LogP contribution in [0.4, 0.5) is 0 Å². The molecule has 4 nitrogen and oxygen atoms in total. The van der Waals surface area contributed by atoms with E-state index in [1.165, 1.54) is 0 Å². The summed E-state index contributed by atoms with van der Waals surface area (Å²) in [6, 6.07) is 5.98. The lowest BCUT2D eigenvalue weighted by molar-refractivity contribution is 0.300. The Hall–Kier alpha value is -1.49. The third-order valence-electron chi connectivity index (χ3n) is 3.16. The molecule has 0 unspecified atom stereocenters. The first kappa shape index (κ1) is 15.9. The number of hydrogen-bond donors (Lipinski definition) is 0. The minimum Gasteiger partial charge on any atom is -0.493 e. The SMILES string of the molecule is CCCOc1ccc(CBr)c(OCCc2nccn2C)c1. The number of hydrogen-bond acceptors (Lipinski definition) is 3. The molecule has 5 heteroatoms. The highest BCUT2D eigenvalue weighted by molar-refractivity contribution is 9.08. The van der Waals surface area contributed by atoms with Crippen LogP contribution < -0.4 is 9.47 Å². The number of rotatable bonds is 8. The summed E-state index contributed by atoms with van der Waals surface area (Å²) in [5.41, 5.74) is 1.12. The smallest absolute Gasteiger partial charge is 0.127 e. The van der Waals surface area contributed by atoms with Crippen LogP contribution in [-0.2, 0) is 18.8 Å². The highest BCUT2D eigenvalue weighted by atomic mass is 79.9. The summed E-state index contributed by atoms with van der Waals surface area (Å²) in [6.45, 7) is 3.42. The molecule has 0 saturated heterocycles. The molecule has 1 aromatic heterocycles. The minimum atomic E-state index is 0.599. The first-order chi connectivity index (χ1) is 10.2. The molecule has 0 N–H and O–H groups in total. The molecule has 114 valence electrons. The largest absolute Gasteiger partial charge is 0.493 e. The van der Waals surface area contributed by atoms with E-state index in [9.17, 15) is 0 Å². The van der Waals surface area contributed by atoms with Gasteiger partial charge in [-0.3, -0.25) is 0 Å². The van der Waals surface area contributed by atoms with Crippen LogP contribution in [0.2, 0.25) is 0 Å². The zero-order chi connectivity index (χ0) is 15.1. The fraction of sp³-hybridized carbons (Fsp3) is 0.438. The molecule has 1 aromatic carbocycles. The lowest BCUT2D eigenvalue weighted by atomic mass is 10.2. The van der Waals surface area contributed by atoms with Crippen molar-refractivity contribution >= 4 is 15.9 Å². The second kappa shape index (κ2) is 8.08. The highest BCUT2D eigenvalue weighted by Gasteiger charge is 2.06. The van der Waals surface area contributed by atoms with E-state index in [1.54, 1.807) is 6.20 Å². The topological polar surface area (TPSA) is 36.3 Å². The van der Waals surface area contributed by atoms with E-state index in [0.29, 0.717) is 6.61 Å². The first-order valence-electron chi connectivity index (χ1n) is 7.15. The predicted molar refractivity (Wildman–Crippen MR) is 87.3 cm³/mol. The number of alkyl halides is 1. The van der Waals surface area contributed by atoms with Gasteiger partial charge in [-0.2, -0.15) is 0 Å². The number of ether oxygens (including phenoxy) is 2. The van der Waals surface area contributed by atoms with Gasteiger partial charge in [0, 0.05) is 42.8 Å². The van der Waals surface area contributed by atoms with Gasteiger partial charge in [0.2, 0.25) is 0 Å². The highest BCUT2D eigenvalue weighted by Crippen LogP contribution is 2.27. The van der Waals surface area contributed by atoms with Crippen LogP contribution in [0.5, 0.6) is 11.5 Å². The van der Waals surface area contributed by atoms with Crippen molar-refractivity contribution in [2.24, 2.45) is 7.05 Å². The second-order valence-corrected chi connectivity index (χ2v) is 5.37. The van der Waals surface area contributed by atoms with Crippen LogP contribution >= 0.6 is 15.9 Å². The van der Waals surface area contributed by atoms with E-state index in [4.69, 9.17) is 9.47 Å². The van der Waals surface area contributed by atoms with Gasteiger partial charge in [-0.15, -0.1) is 0 Å².